The van der Waals surface area contributed by atoms with Crippen LogP contribution in [0.25, 0.3) is 0 Å². The average molecular weight is 411 g/mol. The third kappa shape index (κ3) is 7.75. The van der Waals surface area contributed by atoms with Gasteiger partial charge in [0.1, 0.15) is 0 Å². The molecule has 0 aliphatic rings. The van der Waals surface area contributed by atoms with Gasteiger partial charge in [-0.1, -0.05) is 31.1 Å². The molecule has 0 fully saturated rings. The molecule has 0 spiro atoms. The molecule has 0 amide bonds. The first-order valence-electron chi connectivity index (χ1n) is 9.80. The van der Waals surface area contributed by atoms with Gasteiger partial charge in [-0.2, -0.15) is 18.2 Å². The first kappa shape index (κ1) is 22.7. The van der Waals surface area contributed by atoms with Crippen LogP contribution in [-0.2, 0) is 19.0 Å². The Morgan fingerprint density at radius 1 is 1.14 bits per heavy atom. The van der Waals surface area contributed by atoms with Gasteiger partial charge in [0.2, 0.25) is 5.89 Å². The number of halogens is 3. The molecular formula is C20H28F3N5O. The molecule has 2 N–H and O–H groups in total. The van der Waals surface area contributed by atoms with Gasteiger partial charge in [0, 0.05) is 32.0 Å². The Hall–Kier alpha value is -2.58. The number of alkyl halides is 3. The van der Waals surface area contributed by atoms with E-state index in [9.17, 15) is 13.2 Å². The Balaban J connectivity index is 1.76. The quantitative estimate of drug-likeness (QED) is 0.371. The maximum atomic E-state index is 12.6. The van der Waals surface area contributed by atoms with Gasteiger partial charge in [0.15, 0.2) is 11.8 Å². The van der Waals surface area contributed by atoms with Crippen molar-refractivity contribution in [3.8, 4) is 0 Å². The summed E-state index contributed by atoms with van der Waals surface area (Å²) >= 11 is 0. The number of aliphatic imine (C=N–C) groups is 1. The highest BCUT2D eigenvalue weighted by molar-refractivity contribution is 5.79. The summed E-state index contributed by atoms with van der Waals surface area (Å²) < 4.78 is 43.0. The summed E-state index contributed by atoms with van der Waals surface area (Å²) in [7, 11) is 0. The molecule has 0 bridgehead atoms. The zero-order valence-corrected chi connectivity index (χ0v) is 17.0. The van der Waals surface area contributed by atoms with Gasteiger partial charge in [-0.25, -0.2) is 0 Å². The second-order valence-corrected chi connectivity index (χ2v) is 6.94. The van der Waals surface area contributed by atoms with Crippen LogP contribution in [0, 0.1) is 0 Å². The van der Waals surface area contributed by atoms with Crippen LogP contribution in [0.15, 0.2) is 33.8 Å². The predicted molar refractivity (Wildman–Crippen MR) is 106 cm³/mol. The number of benzene rings is 1. The van der Waals surface area contributed by atoms with E-state index in [4.69, 9.17) is 4.52 Å². The molecular weight excluding hydrogens is 383 g/mol. The van der Waals surface area contributed by atoms with Crippen molar-refractivity contribution in [2.75, 3.05) is 19.6 Å². The number of aromatic nitrogens is 2. The van der Waals surface area contributed by atoms with Crippen molar-refractivity contribution in [3.05, 3.63) is 47.1 Å². The standard InChI is InChI=1S/C20H28F3N5O/c1-4-24-19(25-12-5-6-17-27-18(14(2)3)28-29-17)26-13-11-15-7-9-16(10-8-15)20(21,22)23/h7-10,14H,4-6,11-13H2,1-3H3,(H2,24,25,26). The Kier molecular flexibility index (Phi) is 8.48. The molecule has 0 radical (unpaired) electrons. The number of guanidine groups is 1. The van der Waals surface area contributed by atoms with E-state index in [1.165, 1.54) is 12.1 Å². The van der Waals surface area contributed by atoms with E-state index in [0.29, 0.717) is 50.2 Å². The first-order chi connectivity index (χ1) is 13.8. The van der Waals surface area contributed by atoms with Gasteiger partial charge < -0.3 is 15.2 Å². The summed E-state index contributed by atoms with van der Waals surface area (Å²) in [5.41, 5.74) is 0.199. The van der Waals surface area contributed by atoms with E-state index in [2.05, 4.69) is 25.8 Å². The number of nitrogens with one attached hydrogen (secondary N) is 2. The number of nitrogens with zero attached hydrogens (tertiary/aromatic N) is 3. The molecule has 0 unspecified atom stereocenters. The molecule has 160 valence electrons. The van der Waals surface area contributed by atoms with E-state index in [0.717, 1.165) is 24.1 Å². The smallest absolute Gasteiger partial charge is 0.357 e. The normalized spacial score (nSPS) is 12.4. The van der Waals surface area contributed by atoms with Crippen LogP contribution in [-0.4, -0.2) is 35.7 Å². The average Bonchev–Trinajstić information content (AvgIpc) is 3.14. The van der Waals surface area contributed by atoms with Crippen LogP contribution in [0.2, 0.25) is 0 Å². The monoisotopic (exact) mass is 411 g/mol. The summed E-state index contributed by atoms with van der Waals surface area (Å²) in [6.45, 7) is 7.87. The highest BCUT2D eigenvalue weighted by atomic mass is 19.4. The van der Waals surface area contributed by atoms with Gasteiger partial charge in [-0.05, 0) is 37.5 Å². The van der Waals surface area contributed by atoms with Gasteiger partial charge in [0.05, 0.1) is 5.56 Å². The lowest BCUT2D eigenvalue weighted by molar-refractivity contribution is -0.137. The second-order valence-electron chi connectivity index (χ2n) is 6.94. The number of aryl methyl sites for hydroxylation is 1. The summed E-state index contributed by atoms with van der Waals surface area (Å²) in [4.78, 5) is 8.84. The molecule has 29 heavy (non-hydrogen) atoms. The minimum Gasteiger partial charge on any atom is -0.357 e. The van der Waals surface area contributed by atoms with Crippen LogP contribution in [0.5, 0.6) is 0 Å². The van der Waals surface area contributed by atoms with Crippen molar-refractivity contribution in [2.45, 2.75) is 52.1 Å². The summed E-state index contributed by atoms with van der Waals surface area (Å²) in [6.07, 6.45) is -2.27. The molecule has 2 aromatic rings. The molecule has 6 nitrogen and oxygen atoms in total. The second kappa shape index (κ2) is 10.8. The Morgan fingerprint density at radius 2 is 1.86 bits per heavy atom. The van der Waals surface area contributed by atoms with Crippen LogP contribution in [0.4, 0.5) is 13.2 Å². The lowest BCUT2D eigenvalue weighted by atomic mass is 10.1. The number of rotatable bonds is 9. The van der Waals surface area contributed by atoms with Gasteiger partial charge in [-0.15, -0.1) is 0 Å². The van der Waals surface area contributed by atoms with Crippen molar-refractivity contribution < 1.29 is 17.7 Å². The Morgan fingerprint density at radius 3 is 2.45 bits per heavy atom. The minimum absolute atomic E-state index is 0.236. The zero-order chi connectivity index (χ0) is 21.3. The van der Waals surface area contributed by atoms with Crippen LogP contribution < -0.4 is 10.6 Å². The molecule has 0 saturated carbocycles. The maximum absolute atomic E-state index is 12.6. The molecule has 0 aliphatic heterocycles. The Labute approximate surface area is 169 Å². The van der Waals surface area contributed by atoms with E-state index < -0.39 is 11.7 Å². The SMILES string of the molecule is CCNC(=NCCCc1nc(C(C)C)no1)NCCc1ccc(C(F)(F)F)cc1. The summed E-state index contributed by atoms with van der Waals surface area (Å²) in [6, 6.07) is 5.22. The fourth-order valence-corrected chi connectivity index (χ4v) is 2.55. The topological polar surface area (TPSA) is 75.3 Å². The lowest BCUT2D eigenvalue weighted by Crippen LogP contribution is -2.38. The highest BCUT2D eigenvalue weighted by Crippen LogP contribution is 2.29. The molecule has 0 aliphatic carbocycles. The van der Waals surface area contributed by atoms with E-state index >= 15 is 0 Å². The molecule has 9 heteroatoms. The van der Waals surface area contributed by atoms with Crippen LogP contribution in [0.3, 0.4) is 0 Å². The first-order valence-corrected chi connectivity index (χ1v) is 9.80. The van der Waals surface area contributed by atoms with Gasteiger partial charge in [-0.3, -0.25) is 4.99 Å². The molecule has 1 aromatic carbocycles. The van der Waals surface area contributed by atoms with Gasteiger partial charge in [0.25, 0.3) is 0 Å². The number of hydrogen-bond acceptors (Lipinski definition) is 4. The maximum Gasteiger partial charge on any atom is 0.416 e. The zero-order valence-electron chi connectivity index (χ0n) is 17.0. The lowest BCUT2D eigenvalue weighted by Gasteiger charge is -2.12. The minimum atomic E-state index is -4.31. The molecule has 0 saturated heterocycles. The fourth-order valence-electron chi connectivity index (χ4n) is 2.55. The van der Waals surface area contributed by atoms with E-state index in [1.807, 2.05) is 20.8 Å². The fraction of sp³-hybridized carbons (Fsp3) is 0.550. The molecule has 1 heterocycles. The van der Waals surface area contributed by atoms with Crippen molar-refractivity contribution in [2.24, 2.45) is 4.99 Å². The van der Waals surface area contributed by atoms with Crippen LogP contribution >= 0.6 is 0 Å². The third-order valence-corrected chi connectivity index (χ3v) is 4.15. The van der Waals surface area contributed by atoms with E-state index in [1.54, 1.807) is 0 Å². The summed E-state index contributed by atoms with van der Waals surface area (Å²) in [5.74, 6) is 2.23. The van der Waals surface area contributed by atoms with Crippen LogP contribution in [0.1, 0.15) is 56.0 Å². The van der Waals surface area contributed by atoms with Crippen molar-refractivity contribution in [1.29, 1.82) is 0 Å². The van der Waals surface area contributed by atoms with Gasteiger partial charge >= 0.3 is 6.18 Å². The van der Waals surface area contributed by atoms with Crippen molar-refractivity contribution in [3.63, 3.8) is 0 Å². The Bertz CT molecular complexity index is 769. The summed E-state index contributed by atoms with van der Waals surface area (Å²) in [5, 5.41) is 10.3. The highest BCUT2D eigenvalue weighted by Gasteiger charge is 2.29. The van der Waals surface area contributed by atoms with Crippen molar-refractivity contribution in [1.82, 2.24) is 20.8 Å². The van der Waals surface area contributed by atoms with Crippen molar-refractivity contribution >= 4 is 5.96 Å². The predicted octanol–water partition coefficient (Wildman–Crippen LogP) is 3.94. The number of hydrogen-bond donors (Lipinski definition) is 2. The molecule has 0 atom stereocenters. The molecule has 2 rings (SSSR count). The van der Waals surface area contributed by atoms with E-state index in [-0.39, 0.29) is 5.92 Å². The largest absolute Gasteiger partial charge is 0.416 e. The molecule has 1 aromatic heterocycles. The third-order valence-electron chi connectivity index (χ3n) is 4.15.